The largest absolute Gasteiger partial charge is 0.349 e. The molecule has 1 saturated heterocycles. The smallest absolute Gasteiger partial charge is 0.239 e. The van der Waals surface area contributed by atoms with Crippen molar-refractivity contribution in [2.24, 2.45) is 0 Å². The number of hydrogen-bond acceptors (Lipinski definition) is 4. The van der Waals surface area contributed by atoms with Crippen molar-refractivity contribution in [2.75, 3.05) is 13.1 Å². The molecule has 0 aliphatic carbocycles. The Morgan fingerprint density at radius 1 is 1.23 bits per heavy atom. The second-order valence-electron chi connectivity index (χ2n) is 6.44. The van der Waals surface area contributed by atoms with Crippen molar-refractivity contribution in [3.63, 3.8) is 0 Å². The van der Waals surface area contributed by atoms with Gasteiger partial charge in [-0.15, -0.1) is 0 Å². The van der Waals surface area contributed by atoms with Gasteiger partial charge in [0.2, 0.25) is 11.8 Å². The molecular formula is C19H19N5O2. The Bertz CT molecular complexity index is 937. The number of aromatic nitrogens is 3. The van der Waals surface area contributed by atoms with Crippen LogP contribution < -0.4 is 5.32 Å². The number of benzene rings is 1. The highest BCUT2D eigenvalue weighted by Gasteiger charge is 2.31. The van der Waals surface area contributed by atoms with Gasteiger partial charge in [-0.25, -0.2) is 4.98 Å². The fourth-order valence-electron chi connectivity index (χ4n) is 3.33. The highest BCUT2D eigenvalue weighted by molar-refractivity contribution is 5.87. The van der Waals surface area contributed by atoms with Gasteiger partial charge in [-0.3, -0.25) is 14.7 Å². The second-order valence-corrected chi connectivity index (χ2v) is 6.44. The number of fused-ring (bicyclic) bond motifs is 1. The van der Waals surface area contributed by atoms with Crippen LogP contribution in [0.3, 0.4) is 0 Å². The first-order valence-corrected chi connectivity index (χ1v) is 8.58. The summed E-state index contributed by atoms with van der Waals surface area (Å²) in [5.74, 6) is -0.0111. The van der Waals surface area contributed by atoms with E-state index in [-0.39, 0.29) is 24.3 Å². The maximum Gasteiger partial charge on any atom is 0.239 e. The summed E-state index contributed by atoms with van der Waals surface area (Å²) in [7, 11) is 0. The molecule has 1 fully saturated rings. The van der Waals surface area contributed by atoms with Gasteiger partial charge in [0, 0.05) is 30.5 Å². The van der Waals surface area contributed by atoms with Crippen molar-refractivity contribution in [1.82, 2.24) is 25.4 Å². The predicted molar refractivity (Wildman–Crippen MR) is 96.1 cm³/mol. The van der Waals surface area contributed by atoms with Crippen LogP contribution in [0, 0.1) is 0 Å². The fourth-order valence-corrected chi connectivity index (χ4v) is 3.33. The summed E-state index contributed by atoms with van der Waals surface area (Å²) in [6, 6.07) is 13.7. The average molecular weight is 349 g/mol. The molecule has 26 heavy (non-hydrogen) atoms. The summed E-state index contributed by atoms with van der Waals surface area (Å²) in [5.41, 5.74) is 2.56. The van der Waals surface area contributed by atoms with Gasteiger partial charge >= 0.3 is 0 Å². The predicted octanol–water partition coefficient (Wildman–Crippen LogP) is 1.59. The fraction of sp³-hybridized carbons (Fsp3) is 0.263. The second kappa shape index (κ2) is 6.95. The Kier molecular flexibility index (Phi) is 4.35. The lowest BCUT2D eigenvalue weighted by Crippen LogP contribution is -2.37. The summed E-state index contributed by atoms with van der Waals surface area (Å²) in [4.78, 5) is 30.3. The highest BCUT2D eigenvalue weighted by Crippen LogP contribution is 2.27. The number of carbonyl (C=O) groups excluding carboxylic acids is 2. The van der Waals surface area contributed by atoms with E-state index in [2.05, 4.69) is 20.5 Å². The van der Waals surface area contributed by atoms with Crippen molar-refractivity contribution in [3.05, 3.63) is 59.9 Å². The first-order chi connectivity index (χ1) is 12.7. The number of carbonyl (C=O) groups is 2. The molecule has 132 valence electrons. The van der Waals surface area contributed by atoms with Gasteiger partial charge in [-0.1, -0.05) is 30.3 Å². The van der Waals surface area contributed by atoms with Crippen molar-refractivity contribution in [3.8, 4) is 0 Å². The van der Waals surface area contributed by atoms with Gasteiger partial charge in [0.05, 0.1) is 18.8 Å². The molecule has 1 aliphatic rings. The molecule has 2 amide bonds. The topological polar surface area (TPSA) is 91.0 Å². The van der Waals surface area contributed by atoms with Crippen LogP contribution >= 0.6 is 0 Å². The van der Waals surface area contributed by atoms with E-state index in [1.54, 1.807) is 11.1 Å². The van der Waals surface area contributed by atoms with Crippen LogP contribution in [-0.4, -0.2) is 45.0 Å². The van der Waals surface area contributed by atoms with Crippen molar-refractivity contribution >= 4 is 22.8 Å². The number of aromatic amines is 1. The van der Waals surface area contributed by atoms with Crippen LogP contribution in [-0.2, 0) is 16.1 Å². The molecule has 2 aromatic heterocycles. The monoisotopic (exact) mass is 349 g/mol. The maximum atomic E-state index is 12.3. The number of rotatable bonds is 5. The summed E-state index contributed by atoms with van der Waals surface area (Å²) in [6.07, 6.45) is 2.13. The third kappa shape index (κ3) is 3.28. The van der Waals surface area contributed by atoms with Crippen molar-refractivity contribution in [2.45, 2.75) is 18.9 Å². The Labute approximate surface area is 150 Å². The number of likely N-dealkylation sites (tertiary alicyclic amines) is 1. The van der Waals surface area contributed by atoms with Gasteiger partial charge in [0.1, 0.15) is 0 Å². The van der Waals surface area contributed by atoms with E-state index in [9.17, 15) is 9.59 Å². The standard InChI is InChI=1S/C19H19N5O2/c25-17(21-10-16-15-7-4-8-20-19(15)23-22-16)12-24-11-14(9-18(24)26)13-5-2-1-3-6-13/h1-8,14H,9-12H2,(H,21,25)(H,20,22,23). The van der Waals surface area contributed by atoms with Crippen LogP contribution in [0.25, 0.3) is 11.0 Å². The van der Waals surface area contributed by atoms with E-state index in [0.29, 0.717) is 25.2 Å². The quantitative estimate of drug-likeness (QED) is 0.732. The minimum Gasteiger partial charge on any atom is -0.349 e. The van der Waals surface area contributed by atoms with Crippen LogP contribution in [0.4, 0.5) is 0 Å². The molecule has 0 spiro atoms. The van der Waals surface area contributed by atoms with Crippen molar-refractivity contribution in [1.29, 1.82) is 0 Å². The highest BCUT2D eigenvalue weighted by atomic mass is 16.2. The number of hydrogen-bond donors (Lipinski definition) is 2. The van der Waals surface area contributed by atoms with Crippen LogP contribution in [0.2, 0.25) is 0 Å². The SMILES string of the molecule is O=C(CN1CC(c2ccccc2)CC1=O)NCc1[nH]nc2ncccc12. The Balaban J connectivity index is 1.34. The van der Waals surface area contributed by atoms with Crippen LogP contribution in [0.5, 0.6) is 0 Å². The third-order valence-electron chi connectivity index (χ3n) is 4.69. The molecular weight excluding hydrogens is 330 g/mol. The van der Waals surface area contributed by atoms with E-state index in [0.717, 1.165) is 16.6 Å². The molecule has 1 unspecified atom stereocenters. The Morgan fingerprint density at radius 3 is 2.92 bits per heavy atom. The zero-order valence-electron chi connectivity index (χ0n) is 14.2. The minimum absolute atomic E-state index is 0.0187. The van der Waals surface area contributed by atoms with E-state index in [1.165, 1.54) is 0 Å². The molecule has 0 bridgehead atoms. The lowest BCUT2D eigenvalue weighted by molar-refractivity contribution is -0.133. The minimum atomic E-state index is -0.182. The molecule has 1 aromatic carbocycles. The Morgan fingerprint density at radius 2 is 2.08 bits per heavy atom. The molecule has 7 heteroatoms. The van der Waals surface area contributed by atoms with Crippen molar-refractivity contribution < 1.29 is 9.59 Å². The number of H-pyrrole nitrogens is 1. The number of pyridine rings is 1. The van der Waals surface area contributed by atoms with E-state index < -0.39 is 0 Å². The first-order valence-electron chi connectivity index (χ1n) is 8.58. The van der Waals surface area contributed by atoms with Gasteiger partial charge in [0.15, 0.2) is 5.65 Å². The normalized spacial score (nSPS) is 17.0. The molecule has 1 aliphatic heterocycles. The molecule has 7 nitrogen and oxygen atoms in total. The number of nitrogens with zero attached hydrogens (tertiary/aromatic N) is 3. The first kappa shape index (κ1) is 16.3. The summed E-state index contributed by atoms with van der Waals surface area (Å²) < 4.78 is 0. The molecule has 4 rings (SSSR count). The zero-order chi connectivity index (χ0) is 17.9. The molecule has 3 heterocycles. The summed E-state index contributed by atoms with van der Waals surface area (Å²) in [6.45, 7) is 0.977. The molecule has 0 radical (unpaired) electrons. The molecule has 2 N–H and O–H groups in total. The zero-order valence-corrected chi connectivity index (χ0v) is 14.2. The maximum absolute atomic E-state index is 12.3. The van der Waals surface area contributed by atoms with Crippen LogP contribution in [0.1, 0.15) is 23.6 Å². The van der Waals surface area contributed by atoms with Gasteiger partial charge in [0.25, 0.3) is 0 Å². The van der Waals surface area contributed by atoms with E-state index >= 15 is 0 Å². The van der Waals surface area contributed by atoms with Gasteiger partial charge in [-0.05, 0) is 17.7 Å². The lowest BCUT2D eigenvalue weighted by Gasteiger charge is -2.16. The summed E-state index contributed by atoms with van der Waals surface area (Å²) in [5, 5.41) is 10.7. The average Bonchev–Trinajstić information content (AvgIpc) is 3.25. The lowest BCUT2D eigenvalue weighted by atomic mass is 9.99. The number of amides is 2. The molecule has 1 atom stereocenters. The van der Waals surface area contributed by atoms with Gasteiger partial charge < -0.3 is 10.2 Å². The number of nitrogens with one attached hydrogen (secondary N) is 2. The van der Waals surface area contributed by atoms with Crippen LogP contribution in [0.15, 0.2) is 48.7 Å². The molecule has 0 saturated carbocycles. The van der Waals surface area contributed by atoms with E-state index in [1.807, 2.05) is 42.5 Å². The summed E-state index contributed by atoms with van der Waals surface area (Å²) >= 11 is 0. The van der Waals surface area contributed by atoms with Gasteiger partial charge in [-0.2, -0.15) is 5.10 Å². The Hall–Kier alpha value is -3.22. The molecule has 3 aromatic rings. The third-order valence-corrected chi connectivity index (χ3v) is 4.69. The van der Waals surface area contributed by atoms with E-state index in [4.69, 9.17) is 0 Å².